The van der Waals surface area contributed by atoms with E-state index in [0.717, 1.165) is 0 Å². The zero-order valence-corrected chi connectivity index (χ0v) is 11.9. The van der Waals surface area contributed by atoms with Crippen molar-refractivity contribution in [3.8, 4) is 0 Å². The maximum absolute atomic E-state index is 11.3. The van der Waals surface area contributed by atoms with E-state index in [1.54, 1.807) is 13.0 Å². The topological polar surface area (TPSA) is 93.8 Å². The number of nitrogens with one attached hydrogen (secondary N) is 1. The third kappa shape index (κ3) is 4.66. The van der Waals surface area contributed by atoms with Gasteiger partial charge < -0.3 is 4.74 Å². The summed E-state index contributed by atoms with van der Waals surface area (Å²) in [7, 11) is 0. The van der Waals surface area contributed by atoms with E-state index in [1.165, 1.54) is 19.1 Å². The van der Waals surface area contributed by atoms with Gasteiger partial charge in [0.2, 0.25) is 0 Å². The molecule has 0 unspecified atom stereocenters. The minimum atomic E-state index is -0.542. The second kappa shape index (κ2) is 6.83. The molecule has 0 bridgehead atoms. The Labute approximate surface area is 117 Å². The number of carbonyl (C=O) groups excluding carboxylic acids is 1. The number of nitro benzene ring substituents is 1. The molecule has 0 aromatic heterocycles. The fraction of sp³-hybridized carbons (Fsp3) is 0.273. The molecule has 1 N–H and O–H groups in total. The number of hydrogen-bond donors (Lipinski definition) is 1. The number of esters is 1. The molecule has 0 fully saturated rings. The Hall–Kier alpha value is -1.96. The van der Waals surface area contributed by atoms with Crippen molar-refractivity contribution in [2.75, 3.05) is 12.0 Å². The molecule has 0 saturated heterocycles. The molecule has 0 radical (unpaired) electrons. The van der Waals surface area contributed by atoms with E-state index < -0.39 is 10.9 Å². The quantitative estimate of drug-likeness (QED) is 0.388. The van der Waals surface area contributed by atoms with Crippen LogP contribution in [-0.2, 0) is 9.53 Å². The monoisotopic (exact) mass is 329 g/mol. The van der Waals surface area contributed by atoms with Crippen LogP contribution in [0.3, 0.4) is 0 Å². The molecule has 102 valence electrons. The zero-order chi connectivity index (χ0) is 14.4. The van der Waals surface area contributed by atoms with E-state index >= 15 is 0 Å². The maximum Gasteiger partial charge on any atom is 0.354 e. The van der Waals surface area contributed by atoms with Crippen LogP contribution in [0.5, 0.6) is 0 Å². The molecule has 0 atom stereocenters. The Morgan fingerprint density at radius 3 is 2.79 bits per heavy atom. The summed E-state index contributed by atoms with van der Waals surface area (Å²) in [4.78, 5) is 21.5. The molecule has 0 aliphatic rings. The Morgan fingerprint density at radius 2 is 2.21 bits per heavy atom. The molecule has 7 nitrogen and oxygen atoms in total. The third-order valence-corrected chi connectivity index (χ3v) is 2.47. The van der Waals surface area contributed by atoms with Gasteiger partial charge >= 0.3 is 5.97 Å². The first-order valence-corrected chi connectivity index (χ1v) is 6.15. The van der Waals surface area contributed by atoms with Crippen molar-refractivity contribution < 1.29 is 14.5 Å². The minimum Gasteiger partial charge on any atom is -0.461 e. The van der Waals surface area contributed by atoms with E-state index in [2.05, 4.69) is 26.5 Å². The third-order valence-electron chi connectivity index (χ3n) is 2.02. The summed E-state index contributed by atoms with van der Waals surface area (Å²) < 4.78 is 5.29. The van der Waals surface area contributed by atoms with Gasteiger partial charge in [0.1, 0.15) is 5.71 Å². The van der Waals surface area contributed by atoms with E-state index in [1.807, 2.05) is 0 Å². The van der Waals surface area contributed by atoms with E-state index in [4.69, 9.17) is 4.74 Å². The largest absolute Gasteiger partial charge is 0.461 e. The number of hydrazone groups is 1. The number of nitro groups is 1. The van der Waals surface area contributed by atoms with Gasteiger partial charge in [-0.1, -0.05) is 15.9 Å². The summed E-state index contributed by atoms with van der Waals surface area (Å²) in [6, 6.07) is 4.29. The first kappa shape index (κ1) is 15.1. The van der Waals surface area contributed by atoms with Crippen LogP contribution in [0.2, 0.25) is 0 Å². The Bertz CT molecular complexity index is 531. The molecule has 0 spiro atoms. The van der Waals surface area contributed by atoms with Crippen molar-refractivity contribution in [1.29, 1.82) is 0 Å². The van der Waals surface area contributed by atoms with Crippen LogP contribution in [0.25, 0.3) is 0 Å². The molecule has 0 aliphatic carbocycles. The molecule has 0 saturated carbocycles. The number of hydrogen-bond acceptors (Lipinski definition) is 6. The van der Waals surface area contributed by atoms with Crippen LogP contribution in [0.4, 0.5) is 11.4 Å². The predicted molar refractivity (Wildman–Crippen MR) is 74.2 cm³/mol. The molecule has 1 rings (SSSR count). The summed E-state index contributed by atoms with van der Waals surface area (Å²) >= 11 is 3.16. The number of nitrogens with zero attached hydrogens (tertiary/aromatic N) is 2. The lowest BCUT2D eigenvalue weighted by molar-refractivity contribution is -0.384. The van der Waals surface area contributed by atoms with Crippen molar-refractivity contribution in [1.82, 2.24) is 0 Å². The fourth-order valence-corrected chi connectivity index (χ4v) is 1.65. The number of carbonyl (C=O) groups is 1. The molecule has 0 heterocycles. The van der Waals surface area contributed by atoms with Crippen LogP contribution in [0.15, 0.2) is 27.8 Å². The summed E-state index contributed by atoms with van der Waals surface area (Å²) in [5.74, 6) is -0.542. The summed E-state index contributed by atoms with van der Waals surface area (Å²) in [6.07, 6.45) is 0. The summed E-state index contributed by atoms with van der Waals surface area (Å²) in [5.41, 5.74) is 3.01. The SMILES string of the molecule is CCOC(=O)C(C)=NNc1cc(Br)cc([N+](=O)[O-])c1. The van der Waals surface area contributed by atoms with Gasteiger partial charge in [-0.2, -0.15) is 5.10 Å². The van der Waals surface area contributed by atoms with Gasteiger partial charge in [0.05, 0.1) is 17.2 Å². The lowest BCUT2D eigenvalue weighted by atomic mass is 10.3. The van der Waals surface area contributed by atoms with Gasteiger partial charge in [-0.3, -0.25) is 15.5 Å². The van der Waals surface area contributed by atoms with Crippen molar-refractivity contribution >= 4 is 39.0 Å². The first-order valence-electron chi connectivity index (χ1n) is 5.36. The van der Waals surface area contributed by atoms with Crippen LogP contribution >= 0.6 is 15.9 Å². The van der Waals surface area contributed by atoms with Gasteiger partial charge in [0.25, 0.3) is 5.69 Å². The molecule has 1 aromatic carbocycles. The van der Waals surface area contributed by atoms with Gasteiger partial charge in [0.15, 0.2) is 0 Å². The molecule has 0 aliphatic heterocycles. The molecular formula is C11H12BrN3O4. The number of halogens is 1. The Balaban J connectivity index is 2.85. The smallest absolute Gasteiger partial charge is 0.354 e. The Morgan fingerprint density at radius 1 is 1.53 bits per heavy atom. The fourth-order valence-electron chi connectivity index (χ4n) is 1.17. The van der Waals surface area contributed by atoms with E-state index in [0.29, 0.717) is 10.2 Å². The number of anilines is 1. The highest BCUT2D eigenvalue weighted by Gasteiger charge is 2.09. The first-order chi connectivity index (χ1) is 8.93. The lowest BCUT2D eigenvalue weighted by Gasteiger charge is -2.04. The van der Waals surface area contributed by atoms with E-state index in [-0.39, 0.29) is 18.0 Å². The van der Waals surface area contributed by atoms with Crippen molar-refractivity contribution in [2.24, 2.45) is 5.10 Å². The van der Waals surface area contributed by atoms with Gasteiger partial charge in [-0.25, -0.2) is 4.79 Å². The standard InChI is InChI=1S/C11H12BrN3O4/c1-3-19-11(16)7(2)13-14-9-4-8(12)5-10(6-9)15(17)18/h4-6,14H,3H2,1-2H3. The van der Waals surface area contributed by atoms with Crippen LogP contribution in [0.1, 0.15) is 13.8 Å². The average molecular weight is 330 g/mol. The molecule has 0 amide bonds. The second-order valence-corrected chi connectivity index (χ2v) is 4.40. The summed E-state index contributed by atoms with van der Waals surface area (Å²) in [6.45, 7) is 3.43. The Kier molecular flexibility index (Phi) is 5.43. The zero-order valence-electron chi connectivity index (χ0n) is 10.3. The lowest BCUT2D eigenvalue weighted by Crippen LogP contribution is -2.15. The van der Waals surface area contributed by atoms with E-state index in [9.17, 15) is 14.9 Å². The maximum atomic E-state index is 11.3. The number of rotatable bonds is 5. The van der Waals surface area contributed by atoms with Crippen LogP contribution < -0.4 is 5.43 Å². The van der Waals surface area contributed by atoms with Crippen LogP contribution in [0, 0.1) is 10.1 Å². The van der Waals surface area contributed by atoms with Crippen molar-refractivity contribution in [2.45, 2.75) is 13.8 Å². The van der Waals surface area contributed by atoms with Gasteiger partial charge in [0, 0.05) is 16.6 Å². The van der Waals surface area contributed by atoms with Crippen molar-refractivity contribution in [3.63, 3.8) is 0 Å². The number of benzene rings is 1. The highest BCUT2D eigenvalue weighted by Crippen LogP contribution is 2.24. The normalized spacial score (nSPS) is 11.0. The average Bonchev–Trinajstić information content (AvgIpc) is 2.35. The minimum absolute atomic E-state index is 0.0825. The van der Waals surface area contributed by atoms with Gasteiger partial charge in [-0.15, -0.1) is 0 Å². The van der Waals surface area contributed by atoms with Crippen molar-refractivity contribution in [3.05, 3.63) is 32.8 Å². The molecule has 1 aromatic rings. The highest BCUT2D eigenvalue weighted by atomic mass is 79.9. The molecule has 8 heteroatoms. The summed E-state index contributed by atoms with van der Waals surface area (Å²) in [5, 5.41) is 14.5. The molecule has 19 heavy (non-hydrogen) atoms. The highest BCUT2D eigenvalue weighted by molar-refractivity contribution is 9.10. The second-order valence-electron chi connectivity index (χ2n) is 3.48. The van der Waals surface area contributed by atoms with Crippen LogP contribution in [-0.4, -0.2) is 23.2 Å². The molecular weight excluding hydrogens is 318 g/mol. The number of ether oxygens (including phenoxy) is 1. The van der Waals surface area contributed by atoms with Gasteiger partial charge in [-0.05, 0) is 19.9 Å². The predicted octanol–water partition coefficient (Wildman–Crippen LogP) is 2.71. The number of non-ortho nitro benzene ring substituents is 1.